The largest absolute Gasteiger partial charge is 0.457 e. The molecule has 1 fully saturated rings. The molecule has 3 aromatic rings. The Balaban J connectivity index is 1.49. The van der Waals surface area contributed by atoms with Gasteiger partial charge in [-0.15, -0.1) is 0 Å². The Kier molecular flexibility index (Phi) is 3.78. The maximum Gasteiger partial charge on any atom is 0.244 e. The molecule has 5 nitrogen and oxygen atoms in total. The summed E-state index contributed by atoms with van der Waals surface area (Å²) in [4.78, 5) is 4.50. The number of nitrogens with one attached hydrogen (secondary N) is 1. The number of hydrogen-bond acceptors (Lipinski definition) is 5. The van der Waals surface area contributed by atoms with Gasteiger partial charge >= 0.3 is 0 Å². The summed E-state index contributed by atoms with van der Waals surface area (Å²) < 4.78 is 11.2. The first-order valence-electron chi connectivity index (χ1n) is 7.79. The minimum absolute atomic E-state index is 0.192. The third-order valence-electron chi connectivity index (χ3n) is 3.89. The van der Waals surface area contributed by atoms with E-state index in [1.807, 2.05) is 54.6 Å². The average molecular weight is 307 g/mol. The van der Waals surface area contributed by atoms with E-state index in [1.54, 1.807) is 0 Å². The van der Waals surface area contributed by atoms with Gasteiger partial charge < -0.3 is 14.6 Å². The van der Waals surface area contributed by atoms with Crippen molar-refractivity contribution in [1.29, 1.82) is 0 Å². The molecule has 1 N–H and O–H groups in total. The molecule has 0 amide bonds. The van der Waals surface area contributed by atoms with Gasteiger partial charge in [0.25, 0.3) is 0 Å². The van der Waals surface area contributed by atoms with E-state index >= 15 is 0 Å². The van der Waals surface area contributed by atoms with E-state index in [9.17, 15) is 0 Å². The highest BCUT2D eigenvalue weighted by Crippen LogP contribution is 2.26. The third-order valence-corrected chi connectivity index (χ3v) is 3.89. The zero-order valence-electron chi connectivity index (χ0n) is 12.6. The second-order valence-corrected chi connectivity index (χ2v) is 5.54. The lowest BCUT2D eigenvalue weighted by atomic mass is 10.2. The van der Waals surface area contributed by atoms with Crippen molar-refractivity contribution in [3.05, 3.63) is 60.5 Å². The standard InChI is InChI=1S/C18H17N3O2/c1-2-5-14(6-3-1)22-15-10-8-13(9-11-15)17-20-18(23-21-17)16-7-4-12-19-16/h1-3,5-6,8-11,16,19H,4,7,12H2. The van der Waals surface area contributed by atoms with Gasteiger partial charge in [-0.1, -0.05) is 23.4 Å². The van der Waals surface area contributed by atoms with Gasteiger partial charge in [0, 0.05) is 5.56 Å². The molecule has 5 heteroatoms. The molecule has 1 unspecified atom stereocenters. The van der Waals surface area contributed by atoms with Crippen LogP contribution < -0.4 is 10.1 Å². The second-order valence-electron chi connectivity index (χ2n) is 5.54. The third kappa shape index (κ3) is 3.10. The smallest absolute Gasteiger partial charge is 0.244 e. The highest BCUT2D eigenvalue weighted by Gasteiger charge is 2.22. The van der Waals surface area contributed by atoms with Gasteiger partial charge in [-0.3, -0.25) is 0 Å². The molecule has 4 rings (SSSR count). The van der Waals surface area contributed by atoms with E-state index in [1.165, 1.54) is 0 Å². The molecule has 23 heavy (non-hydrogen) atoms. The summed E-state index contributed by atoms with van der Waals surface area (Å²) in [6.07, 6.45) is 2.19. The zero-order chi connectivity index (χ0) is 15.5. The first-order valence-corrected chi connectivity index (χ1v) is 7.79. The number of hydrogen-bond donors (Lipinski definition) is 1. The van der Waals surface area contributed by atoms with Gasteiger partial charge in [0.15, 0.2) is 0 Å². The van der Waals surface area contributed by atoms with Gasteiger partial charge in [0.1, 0.15) is 11.5 Å². The van der Waals surface area contributed by atoms with E-state index in [2.05, 4.69) is 15.5 Å². The maximum absolute atomic E-state index is 5.78. The molecule has 1 aliphatic heterocycles. The molecule has 0 bridgehead atoms. The van der Waals surface area contributed by atoms with Crippen molar-refractivity contribution in [2.45, 2.75) is 18.9 Å². The van der Waals surface area contributed by atoms with Crippen molar-refractivity contribution >= 4 is 0 Å². The van der Waals surface area contributed by atoms with Gasteiger partial charge in [-0.05, 0) is 55.8 Å². The predicted molar refractivity (Wildman–Crippen MR) is 86.2 cm³/mol. The van der Waals surface area contributed by atoms with Crippen LogP contribution in [0.3, 0.4) is 0 Å². The SMILES string of the molecule is c1ccc(Oc2ccc(-c3noc(C4CCCN4)n3)cc2)cc1. The van der Waals surface area contributed by atoms with Crippen molar-refractivity contribution < 1.29 is 9.26 Å². The molecule has 116 valence electrons. The minimum atomic E-state index is 0.192. The van der Waals surface area contributed by atoms with Crippen molar-refractivity contribution in [3.8, 4) is 22.9 Å². The van der Waals surface area contributed by atoms with Crippen LogP contribution in [0.4, 0.5) is 0 Å². The molecule has 1 atom stereocenters. The number of benzene rings is 2. The summed E-state index contributed by atoms with van der Waals surface area (Å²) in [5.41, 5.74) is 0.915. The summed E-state index contributed by atoms with van der Waals surface area (Å²) >= 11 is 0. The van der Waals surface area contributed by atoms with Gasteiger partial charge in [-0.2, -0.15) is 4.98 Å². The van der Waals surface area contributed by atoms with E-state index in [0.717, 1.165) is 36.4 Å². The molecule has 0 aliphatic carbocycles. The summed E-state index contributed by atoms with van der Waals surface area (Å²) in [5, 5.41) is 7.44. The number of para-hydroxylation sites is 1. The van der Waals surface area contributed by atoms with Gasteiger partial charge in [-0.25, -0.2) is 0 Å². The molecular formula is C18H17N3O2. The van der Waals surface area contributed by atoms with E-state index in [-0.39, 0.29) is 6.04 Å². The Hall–Kier alpha value is -2.66. The highest BCUT2D eigenvalue weighted by atomic mass is 16.5. The fourth-order valence-electron chi connectivity index (χ4n) is 2.69. The predicted octanol–water partition coefficient (Wildman–Crippen LogP) is 3.95. The van der Waals surface area contributed by atoms with Crippen LogP contribution >= 0.6 is 0 Å². The normalized spacial score (nSPS) is 17.3. The molecule has 2 heterocycles. The Morgan fingerprint density at radius 3 is 2.52 bits per heavy atom. The van der Waals surface area contributed by atoms with E-state index in [4.69, 9.17) is 9.26 Å². The number of ether oxygens (including phenoxy) is 1. The molecule has 0 spiro atoms. The Labute approximate surface area is 134 Å². The molecule has 1 aromatic heterocycles. The average Bonchev–Trinajstić information content (AvgIpc) is 3.28. The van der Waals surface area contributed by atoms with Crippen LogP contribution in [0.25, 0.3) is 11.4 Å². The topological polar surface area (TPSA) is 60.2 Å². The Morgan fingerprint density at radius 2 is 1.78 bits per heavy atom. The van der Waals surface area contributed by atoms with Gasteiger partial charge in [0.05, 0.1) is 6.04 Å². The lowest BCUT2D eigenvalue weighted by molar-refractivity contribution is 0.345. The van der Waals surface area contributed by atoms with Crippen molar-refractivity contribution in [2.24, 2.45) is 0 Å². The molecule has 0 saturated carbocycles. The van der Waals surface area contributed by atoms with Crippen LogP contribution in [-0.2, 0) is 0 Å². The lowest BCUT2D eigenvalue weighted by Gasteiger charge is -2.05. The summed E-state index contributed by atoms with van der Waals surface area (Å²) in [6, 6.07) is 17.6. The summed E-state index contributed by atoms with van der Waals surface area (Å²) in [6.45, 7) is 1.01. The quantitative estimate of drug-likeness (QED) is 0.790. The Bertz CT molecular complexity index is 762. The van der Waals surface area contributed by atoms with Crippen LogP contribution in [0.5, 0.6) is 11.5 Å². The first kappa shape index (κ1) is 14.0. The van der Waals surface area contributed by atoms with Crippen LogP contribution in [0, 0.1) is 0 Å². The summed E-state index contributed by atoms with van der Waals surface area (Å²) in [7, 11) is 0. The maximum atomic E-state index is 5.78. The molecule has 1 aliphatic rings. The Morgan fingerprint density at radius 1 is 1.00 bits per heavy atom. The van der Waals surface area contributed by atoms with Crippen LogP contribution in [0.15, 0.2) is 59.1 Å². The van der Waals surface area contributed by atoms with Crippen LogP contribution in [0.1, 0.15) is 24.8 Å². The number of rotatable bonds is 4. The van der Waals surface area contributed by atoms with E-state index in [0.29, 0.717) is 11.7 Å². The van der Waals surface area contributed by atoms with Crippen LogP contribution in [0.2, 0.25) is 0 Å². The van der Waals surface area contributed by atoms with E-state index < -0.39 is 0 Å². The fourth-order valence-corrected chi connectivity index (χ4v) is 2.69. The minimum Gasteiger partial charge on any atom is -0.457 e. The number of aromatic nitrogens is 2. The highest BCUT2D eigenvalue weighted by molar-refractivity contribution is 5.55. The number of nitrogens with zero attached hydrogens (tertiary/aromatic N) is 2. The fraction of sp³-hybridized carbons (Fsp3) is 0.222. The molecule has 2 aromatic carbocycles. The van der Waals surface area contributed by atoms with Gasteiger partial charge in [0.2, 0.25) is 11.7 Å². The monoisotopic (exact) mass is 307 g/mol. The second kappa shape index (κ2) is 6.22. The van der Waals surface area contributed by atoms with Crippen molar-refractivity contribution in [3.63, 3.8) is 0 Å². The van der Waals surface area contributed by atoms with Crippen LogP contribution in [-0.4, -0.2) is 16.7 Å². The lowest BCUT2D eigenvalue weighted by Crippen LogP contribution is -2.12. The molecular weight excluding hydrogens is 290 g/mol. The molecule has 0 radical (unpaired) electrons. The zero-order valence-corrected chi connectivity index (χ0v) is 12.6. The first-order chi connectivity index (χ1) is 11.4. The molecule has 1 saturated heterocycles. The van der Waals surface area contributed by atoms with Crippen molar-refractivity contribution in [2.75, 3.05) is 6.54 Å². The van der Waals surface area contributed by atoms with Crippen molar-refractivity contribution in [1.82, 2.24) is 15.5 Å². The summed E-state index contributed by atoms with van der Waals surface area (Å²) in [5.74, 6) is 2.87.